The van der Waals surface area contributed by atoms with E-state index in [-0.39, 0.29) is 17.4 Å². The molecule has 0 aliphatic heterocycles. The molecule has 0 unspecified atom stereocenters. The molecule has 4 rings (SSSR count). The fourth-order valence-corrected chi connectivity index (χ4v) is 6.87. The smallest absolute Gasteiger partial charge is 0.408 e. The van der Waals surface area contributed by atoms with E-state index in [4.69, 9.17) is 4.74 Å². The van der Waals surface area contributed by atoms with Crippen molar-refractivity contribution in [3.8, 4) is 11.1 Å². The van der Waals surface area contributed by atoms with Crippen LogP contribution in [0.25, 0.3) is 11.1 Å². The Morgan fingerprint density at radius 3 is 2.10 bits per heavy atom. The molecule has 39 heavy (non-hydrogen) atoms. The third-order valence-electron chi connectivity index (χ3n) is 7.03. The van der Waals surface area contributed by atoms with Crippen molar-refractivity contribution in [2.45, 2.75) is 57.1 Å². The van der Waals surface area contributed by atoms with Gasteiger partial charge in [0, 0.05) is 30.3 Å². The van der Waals surface area contributed by atoms with E-state index >= 15 is 0 Å². The molecule has 0 saturated heterocycles. The number of carbonyl (C=O) groups excluding carboxylic acids is 1. The van der Waals surface area contributed by atoms with E-state index in [2.05, 4.69) is 5.32 Å². The van der Waals surface area contributed by atoms with Gasteiger partial charge in [-0.25, -0.2) is 13.2 Å². The van der Waals surface area contributed by atoms with Crippen molar-refractivity contribution in [3.63, 3.8) is 0 Å². The van der Waals surface area contributed by atoms with Crippen LogP contribution in [0.3, 0.4) is 0 Å². The first-order valence-electron chi connectivity index (χ1n) is 13.5. The van der Waals surface area contributed by atoms with Crippen LogP contribution in [0.4, 0.5) is 4.79 Å². The van der Waals surface area contributed by atoms with Gasteiger partial charge in [-0.1, -0.05) is 86.5 Å². The highest BCUT2D eigenvalue weighted by atomic mass is 32.2. The van der Waals surface area contributed by atoms with Crippen molar-refractivity contribution in [1.82, 2.24) is 9.62 Å². The number of sulfonamides is 1. The fraction of sp³-hybridized carbons (Fsp3) is 0.387. The van der Waals surface area contributed by atoms with Gasteiger partial charge in [0.15, 0.2) is 6.10 Å². The number of unbranched alkanes of at least 4 members (excludes halogenated alkanes) is 1. The summed E-state index contributed by atoms with van der Waals surface area (Å²) in [5, 5.41) is 13.0. The number of nitrogens with zero attached hydrogens (tertiary/aromatic N) is 1. The van der Waals surface area contributed by atoms with E-state index in [0.29, 0.717) is 32.4 Å². The van der Waals surface area contributed by atoms with Crippen LogP contribution < -0.4 is 5.32 Å². The number of fused-ring (bicyclic) bond motifs is 3. The second-order valence-corrected chi connectivity index (χ2v) is 12.4. The summed E-state index contributed by atoms with van der Waals surface area (Å²) in [5.41, 5.74) is 5.08. The number of aryl methyl sites for hydroxylation is 1. The molecule has 7 nitrogen and oxygen atoms in total. The lowest BCUT2D eigenvalue weighted by Gasteiger charge is -2.31. The number of nitrogens with one attached hydrogen (secondary N) is 1. The molecule has 1 amide bonds. The third-order valence-corrected chi connectivity index (χ3v) is 8.96. The summed E-state index contributed by atoms with van der Waals surface area (Å²) >= 11 is 0. The molecule has 1 aliphatic carbocycles. The number of hydrogen-bond acceptors (Lipinski definition) is 5. The number of hydrogen-bond donors (Lipinski definition) is 2. The van der Waals surface area contributed by atoms with Crippen molar-refractivity contribution in [2.24, 2.45) is 5.92 Å². The fourth-order valence-electron chi connectivity index (χ4n) is 5.06. The molecule has 1 atom stereocenters. The van der Waals surface area contributed by atoms with Gasteiger partial charge < -0.3 is 15.2 Å². The Hall–Kier alpha value is -3.20. The Morgan fingerprint density at radius 1 is 0.949 bits per heavy atom. The summed E-state index contributed by atoms with van der Waals surface area (Å²) in [4.78, 5) is 12.9. The van der Waals surface area contributed by atoms with Gasteiger partial charge in [-0.15, -0.1) is 0 Å². The molecule has 2 N–H and O–H groups in total. The van der Waals surface area contributed by atoms with Crippen LogP contribution in [0.15, 0.2) is 77.7 Å². The predicted molar refractivity (Wildman–Crippen MR) is 153 cm³/mol. The summed E-state index contributed by atoms with van der Waals surface area (Å²) in [6.07, 6.45) is 0.803. The summed E-state index contributed by atoms with van der Waals surface area (Å²) in [6.45, 7) is 6.27. The maximum Gasteiger partial charge on any atom is 0.408 e. The van der Waals surface area contributed by atoms with Crippen molar-refractivity contribution in [1.29, 1.82) is 0 Å². The largest absolute Gasteiger partial charge is 0.436 e. The van der Waals surface area contributed by atoms with Crippen molar-refractivity contribution in [3.05, 3.63) is 89.5 Å². The van der Waals surface area contributed by atoms with Crippen LogP contribution >= 0.6 is 0 Å². The van der Waals surface area contributed by atoms with Crippen molar-refractivity contribution >= 4 is 16.1 Å². The number of ether oxygens (including phenoxy) is 1. The number of aliphatic hydroxyl groups excluding tert-OH is 1. The second-order valence-electron chi connectivity index (χ2n) is 10.5. The van der Waals surface area contributed by atoms with Crippen LogP contribution in [0.2, 0.25) is 0 Å². The lowest BCUT2D eigenvalue weighted by Crippen LogP contribution is -2.44. The standard InChI is InChI=1S/C31H38N2O5S/c1-22(2)20-33(39(36,37)25-17-15-23(3)16-18-25)24(21-34)10-8-9-19-32-31(35)38-30-28-13-6-4-11-26(28)27-12-5-7-14-29(27)30/h4-7,11-18,22,24,30,34H,8-10,19-21H2,1-3H3,(H,32,35)/t24-/m0/s1. The van der Waals surface area contributed by atoms with Gasteiger partial charge in [-0.3, -0.25) is 0 Å². The lowest BCUT2D eigenvalue weighted by molar-refractivity contribution is 0.118. The molecule has 0 saturated carbocycles. The number of rotatable bonds is 12. The minimum absolute atomic E-state index is 0.0987. The van der Waals surface area contributed by atoms with Crippen LogP contribution in [0.5, 0.6) is 0 Å². The molecule has 8 heteroatoms. The molecular weight excluding hydrogens is 512 g/mol. The average Bonchev–Trinajstić information content (AvgIpc) is 3.23. The van der Waals surface area contributed by atoms with Gasteiger partial charge in [-0.2, -0.15) is 4.31 Å². The minimum Gasteiger partial charge on any atom is -0.436 e. The number of alkyl carbamates (subject to hydrolysis) is 1. The summed E-state index contributed by atoms with van der Waals surface area (Å²) < 4.78 is 34.1. The SMILES string of the molecule is Cc1ccc(S(=O)(=O)N(CC(C)C)[C@H](CO)CCCCNC(=O)OC2c3ccccc3-c3ccccc32)cc1. The second kappa shape index (κ2) is 12.8. The number of carbonyl (C=O) groups is 1. The lowest BCUT2D eigenvalue weighted by atomic mass is 10.1. The molecule has 208 valence electrons. The zero-order valence-electron chi connectivity index (χ0n) is 22.8. The van der Waals surface area contributed by atoms with Gasteiger partial charge in [0.1, 0.15) is 0 Å². The maximum absolute atomic E-state index is 13.4. The molecule has 0 spiro atoms. The van der Waals surface area contributed by atoms with Crippen LogP contribution in [0, 0.1) is 12.8 Å². The van der Waals surface area contributed by atoms with Gasteiger partial charge in [0.2, 0.25) is 10.0 Å². The maximum atomic E-state index is 13.4. The van der Waals surface area contributed by atoms with E-state index in [9.17, 15) is 18.3 Å². The first kappa shape index (κ1) is 28.8. The quantitative estimate of drug-likeness (QED) is 0.283. The van der Waals surface area contributed by atoms with Gasteiger partial charge in [0.05, 0.1) is 11.5 Å². The van der Waals surface area contributed by atoms with E-state index in [1.54, 1.807) is 24.3 Å². The van der Waals surface area contributed by atoms with Crippen LogP contribution in [-0.4, -0.2) is 49.7 Å². The molecule has 0 aromatic heterocycles. The highest BCUT2D eigenvalue weighted by molar-refractivity contribution is 7.89. The Kier molecular flexibility index (Phi) is 9.43. The van der Waals surface area contributed by atoms with E-state index < -0.39 is 28.3 Å². The topological polar surface area (TPSA) is 95.9 Å². The minimum atomic E-state index is -3.76. The third kappa shape index (κ3) is 6.69. The molecule has 0 radical (unpaired) electrons. The van der Waals surface area contributed by atoms with E-state index in [1.807, 2.05) is 69.3 Å². The molecule has 1 aliphatic rings. The molecule has 0 bridgehead atoms. The molecule has 3 aromatic rings. The summed E-state index contributed by atoms with van der Waals surface area (Å²) in [7, 11) is -3.76. The van der Waals surface area contributed by atoms with Gasteiger partial charge >= 0.3 is 6.09 Å². The van der Waals surface area contributed by atoms with E-state index in [0.717, 1.165) is 27.8 Å². The zero-order chi connectivity index (χ0) is 28.0. The monoisotopic (exact) mass is 550 g/mol. The highest BCUT2D eigenvalue weighted by Gasteiger charge is 2.32. The van der Waals surface area contributed by atoms with Crippen LogP contribution in [-0.2, 0) is 14.8 Å². The van der Waals surface area contributed by atoms with Gasteiger partial charge in [-0.05, 0) is 48.9 Å². The Balaban J connectivity index is 1.31. The number of aliphatic hydroxyl groups is 1. The summed E-state index contributed by atoms with van der Waals surface area (Å²) in [6, 6.07) is 22.1. The van der Waals surface area contributed by atoms with E-state index in [1.165, 1.54) is 4.31 Å². The number of amides is 1. The Labute approximate surface area is 231 Å². The highest BCUT2D eigenvalue weighted by Crippen LogP contribution is 2.45. The normalized spacial score (nSPS) is 13.8. The molecule has 3 aromatic carbocycles. The summed E-state index contributed by atoms with van der Waals surface area (Å²) in [5.74, 6) is 0.0987. The first-order chi connectivity index (χ1) is 18.7. The Bertz CT molecular complexity index is 1330. The molecule has 0 fully saturated rings. The predicted octanol–water partition coefficient (Wildman–Crippen LogP) is 5.67. The van der Waals surface area contributed by atoms with Gasteiger partial charge in [0.25, 0.3) is 0 Å². The van der Waals surface area contributed by atoms with Crippen LogP contribution in [0.1, 0.15) is 55.9 Å². The molecular formula is C31H38N2O5S. The van der Waals surface area contributed by atoms with Crippen molar-refractivity contribution < 1.29 is 23.1 Å². The zero-order valence-corrected chi connectivity index (χ0v) is 23.7. The molecule has 0 heterocycles. The Morgan fingerprint density at radius 2 is 1.54 bits per heavy atom. The first-order valence-corrected chi connectivity index (χ1v) is 15.0. The van der Waals surface area contributed by atoms with Crippen molar-refractivity contribution in [2.75, 3.05) is 19.7 Å². The number of benzene rings is 3. The average molecular weight is 551 g/mol.